The van der Waals surface area contributed by atoms with Gasteiger partial charge in [-0.15, -0.1) is 0 Å². The molecule has 0 aliphatic heterocycles. The Kier molecular flexibility index (Phi) is 4.52. The molecular weight excluding hydrogens is 252 g/mol. The summed E-state index contributed by atoms with van der Waals surface area (Å²) in [5.74, 6) is -0.375. The van der Waals surface area contributed by atoms with Crippen LogP contribution in [0.1, 0.15) is 11.1 Å². The molecule has 0 aliphatic rings. The summed E-state index contributed by atoms with van der Waals surface area (Å²) in [4.78, 5) is 11.0. The van der Waals surface area contributed by atoms with Gasteiger partial charge in [-0.3, -0.25) is 0 Å². The number of rotatable bonds is 3. The summed E-state index contributed by atoms with van der Waals surface area (Å²) >= 11 is 0. The van der Waals surface area contributed by atoms with Crippen LogP contribution in [0.15, 0.2) is 18.2 Å². The van der Waals surface area contributed by atoms with Crippen LogP contribution in [0, 0.1) is 12.7 Å². The fourth-order valence-electron chi connectivity index (χ4n) is 1.24. The molecule has 7 heteroatoms. The summed E-state index contributed by atoms with van der Waals surface area (Å²) in [6.45, 7) is 0.203. The number of halogens is 4. The van der Waals surface area contributed by atoms with E-state index in [1.807, 2.05) is 0 Å². The molecule has 0 spiro atoms. The summed E-state index contributed by atoms with van der Waals surface area (Å²) in [5, 5.41) is 3.92. The highest BCUT2D eigenvalue weighted by atomic mass is 19.4. The van der Waals surface area contributed by atoms with Crippen molar-refractivity contribution in [1.82, 2.24) is 10.6 Å². The van der Waals surface area contributed by atoms with E-state index >= 15 is 0 Å². The van der Waals surface area contributed by atoms with Crippen molar-refractivity contribution in [3.05, 3.63) is 35.1 Å². The predicted octanol–water partition coefficient (Wildman–Crippen LogP) is 2.50. The van der Waals surface area contributed by atoms with Gasteiger partial charge in [0.1, 0.15) is 12.4 Å². The Morgan fingerprint density at radius 1 is 1.28 bits per heavy atom. The highest BCUT2D eigenvalue weighted by molar-refractivity contribution is 5.73. The summed E-state index contributed by atoms with van der Waals surface area (Å²) in [6.07, 6.45) is -4.44. The standard InChI is InChI=1S/C11H12F4N2O/c1-7-4-8(2-3-9(7)12)5-16-10(18)17-6-11(13,14)15/h2-4H,5-6H2,1H3,(H2,16,17,18). The van der Waals surface area contributed by atoms with Crippen LogP contribution in [-0.2, 0) is 6.54 Å². The van der Waals surface area contributed by atoms with Gasteiger partial charge in [-0.05, 0) is 24.1 Å². The van der Waals surface area contributed by atoms with Crippen molar-refractivity contribution in [3.8, 4) is 0 Å². The molecule has 0 atom stereocenters. The minimum atomic E-state index is -4.44. The van der Waals surface area contributed by atoms with Gasteiger partial charge < -0.3 is 10.6 Å². The molecule has 2 amide bonds. The molecule has 0 aromatic heterocycles. The molecule has 3 nitrogen and oxygen atoms in total. The topological polar surface area (TPSA) is 41.1 Å². The lowest BCUT2D eigenvalue weighted by Crippen LogP contribution is -2.40. The molecular formula is C11H12F4N2O. The molecule has 100 valence electrons. The zero-order chi connectivity index (χ0) is 13.8. The smallest absolute Gasteiger partial charge is 0.334 e. The number of benzene rings is 1. The van der Waals surface area contributed by atoms with Crippen LogP contribution >= 0.6 is 0 Å². The number of nitrogens with one attached hydrogen (secondary N) is 2. The number of aryl methyl sites for hydroxylation is 1. The van der Waals surface area contributed by atoms with Gasteiger partial charge in [0.15, 0.2) is 0 Å². The summed E-state index contributed by atoms with van der Waals surface area (Å²) in [5.41, 5.74) is 1.01. The predicted molar refractivity (Wildman–Crippen MR) is 57.4 cm³/mol. The molecule has 0 saturated carbocycles. The Balaban J connectivity index is 2.40. The third kappa shape index (κ3) is 5.03. The second-order valence-corrected chi connectivity index (χ2v) is 3.73. The molecule has 1 aromatic carbocycles. The monoisotopic (exact) mass is 264 g/mol. The molecule has 0 aliphatic carbocycles. The largest absolute Gasteiger partial charge is 0.405 e. The van der Waals surface area contributed by atoms with E-state index < -0.39 is 18.8 Å². The van der Waals surface area contributed by atoms with Gasteiger partial charge in [0.05, 0.1) is 0 Å². The summed E-state index contributed by atoms with van der Waals surface area (Å²) in [7, 11) is 0. The second-order valence-electron chi connectivity index (χ2n) is 3.73. The third-order valence-corrected chi connectivity index (χ3v) is 2.12. The van der Waals surface area contributed by atoms with E-state index in [1.54, 1.807) is 12.2 Å². The van der Waals surface area contributed by atoms with Gasteiger partial charge in [0.2, 0.25) is 0 Å². The second kappa shape index (κ2) is 5.70. The number of hydrogen-bond donors (Lipinski definition) is 2. The molecule has 0 radical (unpaired) electrons. The first kappa shape index (κ1) is 14.3. The lowest BCUT2D eigenvalue weighted by molar-refractivity contribution is -0.122. The number of amides is 2. The van der Waals surface area contributed by atoms with E-state index in [9.17, 15) is 22.4 Å². The van der Waals surface area contributed by atoms with Gasteiger partial charge in [-0.25, -0.2) is 9.18 Å². The SMILES string of the molecule is Cc1cc(CNC(=O)NCC(F)(F)F)ccc1F. The zero-order valence-electron chi connectivity index (χ0n) is 9.57. The lowest BCUT2D eigenvalue weighted by atomic mass is 10.1. The Bertz CT molecular complexity index is 432. The Morgan fingerprint density at radius 3 is 2.50 bits per heavy atom. The molecule has 0 fully saturated rings. The van der Waals surface area contributed by atoms with Crippen molar-refractivity contribution in [2.75, 3.05) is 6.54 Å². The van der Waals surface area contributed by atoms with E-state index in [1.165, 1.54) is 18.2 Å². The van der Waals surface area contributed by atoms with Crippen LogP contribution < -0.4 is 10.6 Å². The summed E-state index contributed by atoms with van der Waals surface area (Å²) in [6, 6.07) is 3.28. The number of alkyl halides is 3. The Morgan fingerprint density at radius 2 is 1.94 bits per heavy atom. The highest BCUT2D eigenvalue weighted by Crippen LogP contribution is 2.12. The molecule has 0 bridgehead atoms. The van der Waals surface area contributed by atoms with Crippen molar-refractivity contribution >= 4 is 6.03 Å². The zero-order valence-corrected chi connectivity index (χ0v) is 9.57. The fourth-order valence-corrected chi connectivity index (χ4v) is 1.24. The molecule has 2 N–H and O–H groups in total. The van der Waals surface area contributed by atoms with Crippen LogP contribution in [0.2, 0.25) is 0 Å². The molecule has 1 aromatic rings. The maximum atomic E-state index is 12.9. The maximum Gasteiger partial charge on any atom is 0.405 e. The first-order valence-corrected chi connectivity index (χ1v) is 5.11. The first-order chi connectivity index (χ1) is 8.28. The van der Waals surface area contributed by atoms with Gasteiger partial charge in [-0.2, -0.15) is 13.2 Å². The Labute approximate surface area is 101 Å². The molecule has 1 rings (SSSR count). The number of urea groups is 1. The van der Waals surface area contributed by atoms with Crippen molar-refractivity contribution in [1.29, 1.82) is 0 Å². The normalized spacial score (nSPS) is 11.2. The maximum absolute atomic E-state index is 12.9. The van der Waals surface area contributed by atoms with Crippen molar-refractivity contribution in [3.63, 3.8) is 0 Å². The van der Waals surface area contributed by atoms with E-state index in [4.69, 9.17) is 0 Å². The van der Waals surface area contributed by atoms with E-state index in [0.29, 0.717) is 11.1 Å². The third-order valence-electron chi connectivity index (χ3n) is 2.12. The van der Waals surface area contributed by atoms with Crippen molar-refractivity contribution in [2.45, 2.75) is 19.6 Å². The Hall–Kier alpha value is -1.79. The quantitative estimate of drug-likeness (QED) is 0.809. The molecule has 18 heavy (non-hydrogen) atoms. The molecule has 0 heterocycles. The van der Waals surface area contributed by atoms with Gasteiger partial charge in [0.25, 0.3) is 0 Å². The lowest BCUT2D eigenvalue weighted by Gasteiger charge is -2.10. The van der Waals surface area contributed by atoms with Crippen molar-refractivity contribution < 1.29 is 22.4 Å². The molecule has 0 saturated heterocycles. The van der Waals surface area contributed by atoms with E-state index in [0.717, 1.165) is 0 Å². The van der Waals surface area contributed by atoms with E-state index in [2.05, 4.69) is 5.32 Å². The van der Waals surface area contributed by atoms with Gasteiger partial charge in [-0.1, -0.05) is 12.1 Å². The first-order valence-electron chi connectivity index (χ1n) is 5.11. The minimum absolute atomic E-state index is 0.0326. The van der Waals surface area contributed by atoms with Crippen LogP contribution in [0.3, 0.4) is 0 Å². The fraction of sp³-hybridized carbons (Fsp3) is 0.364. The number of hydrogen-bond acceptors (Lipinski definition) is 1. The van der Waals surface area contributed by atoms with Crippen LogP contribution in [0.5, 0.6) is 0 Å². The van der Waals surface area contributed by atoms with E-state index in [-0.39, 0.29) is 12.4 Å². The van der Waals surface area contributed by atoms with Crippen molar-refractivity contribution in [2.24, 2.45) is 0 Å². The average molecular weight is 264 g/mol. The minimum Gasteiger partial charge on any atom is -0.334 e. The summed E-state index contributed by atoms with van der Waals surface area (Å²) < 4.78 is 48.3. The van der Waals surface area contributed by atoms with Crippen LogP contribution in [0.25, 0.3) is 0 Å². The molecule has 0 unspecified atom stereocenters. The van der Waals surface area contributed by atoms with Gasteiger partial charge >= 0.3 is 12.2 Å². The van der Waals surface area contributed by atoms with Gasteiger partial charge in [0, 0.05) is 6.54 Å². The average Bonchev–Trinajstić information content (AvgIpc) is 2.27. The number of carbonyl (C=O) groups excluding carboxylic acids is 1. The highest BCUT2D eigenvalue weighted by Gasteiger charge is 2.27. The van der Waals surface area contributed by atoms with Crippen LogP contribution in [0.4, 0.5) is 22.4 Å². The number of carbonyl (C=O) groups is 1. The van der Waals surface area contributed by atoms with Crippen LogP contribution in [-0.4, -0.2) is 18.8 Å².